The lowest BCUT2D eigenvalue weighted by atomic mass is 10.1. The minimum Gasteiger partial charge on any atom is -0.308 e. The van der Waals surface area contributed by atoms with Crippen LogP contribution in [0, 0.1) is 6.92 Å². The molecule has 0 saturated heterocycles. The maximum atomic E-state index is 4.61. The highest BCUT2D eigenvalue weighted by Gasteiger charge is 2.21. The third kappa shape index (κ3) is 2.94. The predicted molar refractivity (Wildman–Crippen MR) is 90.1 cm³/mol. The smallest absolute Gasteiger partial charge is 0.147 e. The van der Waals surface area contributed by atoms with Crippen LogP contribution in [0.3, 0.4) is 0 Å². The molecule has 0 fully saturated rings. The molecule has 24 heavy (non-hydrogen) atoms. The molecular weight excluding hydrogens is 302 g/mol. The van der Waals surface area contributed by atoms with Crippen LogP contribution in [0.4, 0.5) is 0 Å². The number of aromatic nitrogens is 6. The number of pyridine rings is 1. The summed E-state index contributed by atoms with van der Waals surface area (Å²) in [7, 11) is 1.96. The van der Waals surface area contributed by atoms with Gasteiger partial charge in [-0.3, -0.25) is 9.67 Å². The van der Waals surface area contributed by atoms with Crippen LogP contribution in [-0.2, 0) is 26.6 Å². The second-order valence-corrected chi connectivity index (χ2v) is 6.29. The Bertz CT molecular complexity index is 834. The molecular formula is C17H21N7. The number of aryl methyl sites for hydroxylation is 3. The summed E-state index contributed by atoms with van der Waals surface area (Å²) in [5.74, 6) is 1.96. The van der Waals surface area contributed by atoms with Gasteiger partial charge in [0.2, 0.25) is 0 Å². The summed E-state index contributed by atoms with van der Waals surface area (Å²) in [6.45, 7) is 3.62. The molecule has 0 aromatic carbocycles. The maximum absolute atomic E-state index is 4.61. The molecule has 3 aromatic heterocycles. The molecule has 1 N–H and O–H groups in total. The van der Waals surface area contributed by atoms with E-state index in [9.17, 15) is 0 Å². The summed E-state index contributed by atoms with van der Waals surface area (Å²) in [6.07, 6.45) is 7.75. The first kappa shape index (κ1) is 15.0. The van der Waals surface area contributed by atoms with E-state index in [-0.39, 0.29) is 0 Å². The topological polar surface area (TPSA) is 73.5 Å². The van der Waals surface area contributed by atoms with Gasteiger partial charge in [0.1, 0.15) is 11.6 Å². The van der Waals surface area contributed by atoms with Crippen molar-refractivity contribution in [3.63, 3.8) is 0 Å². The van der Waals surface area contributed by atoms with Crippen molar-refractivity contribution in [3.05, 3.63) is 47.9 Å². The molecule has 0 saturated carbocycles. The Morgan fingerprint density at radius 3 is 2.92 bits per heavy atom. The van der Waals surface area contributed by atoms with Crippen molar-refractivity contribution in [3.8, 4) is 11.3 Å². The number of fused-ring (bicyclic) bond motifs is 1. The molecule has 0 bridgehead atoms. The first-order chi connectivity index (χ1) is 11.7. The van der Waals surface area contributed by atoms with Gasteiger partial charge in [-0.2, -0.15) is 10.2 Å². The number of hydrogen-bond donors (Lipinski definition) is 1. The molecule has 1 aliphatic heterocycles. The highest BCUT2D eigenvalue weighted by atomic mass is 15.4. The van der Waals surface area contributed by atoms with Crippen molar-refractivity contribution in [1.29, 1.82) is 0 Å². The Morgan fingerprint density at radius 1 is 1.25 bits per heavy atom. The average Bonchev–Trinajstić information content (AvgIpc) is 3.14. The minimum absolute atomic E-state index is 0.407. The Morgan fingerprint density at radius 2 is 2.08 bits per heavy atom. The second-order valence-electron chi connectivity index (χ2n) is 6.29. The Kier molecular flexibility index (Phi) is 3.86. The van der Waals surface area contributed by atoms with Crippen LogP contribution in [0.2, 0.25) is 0 Å². The zero-order chi connectivity index (χ0) is 16.5. The van der Waals surface area contributed by atoms with Gasteiger partial charge in [0.15, 0.2) is 0 Å². The molecule has 0 amide bonds. The molecule has 7 nitrogen and oxygen atoms in total. The molecule has 0 spiro atoms. The third-order valence-corrected chi connectivity index (χ3v) is 4.40. The molecule has 0 aliphatic carbocycles. The van der Waals surface area contributed by atoms with Gasteiger partial charge in [-0.25, -0.2) is 9.67 Å². The summed E-state index contributed by atoms with van der Waals surface area (Å²) in [5.41, 5.74) is 3.31. The van der Waals surface area contributed by atoms with Gasteiger partial charge in [0.05, 0.1) is 12.2 Å². The Balaban J connectivity index is 1.47. The fourth-order valence-electron chi connectivity index (χ4n) is 3.27. The van der Waals surface area contributed by atoms with Gasteiger partial charge in [-0.05, 0) is 25.5 Å². The standard InChI is InChI=1S/C17H21N7/c1-12-20-16-4-3-15(11-24(16)21-12)19-9-14-10-23(2)22-17(14)13-5-7-18-8-6-13/h5-8,10,15,19H,3-4,9,11H2,1-2H3/t15-/m0/s1. The van der Waals surface area contributed by atoms with E-state index in [0.29, 0.717) is 6.04 Å². The molecule has 4 heterocycles. The molecule has 4 rings (SSSR count). The summed E-state index contributed by atoms with van der Waals surface area (Å²) in [6, 6.07) is 4.40. The van der Waals surface area contributed by atoms with E-state index in [1.165, 1.54) is 5.56 Å². The van der Waals surface area contributed by atoms with Crippen LogP contribution < -0.4 is 5.32 Å². The summed E-state index contributed by atoms with van der Waals surface area (Å²) in [5, 5.41) is 12.7. The van der Waals surface area contributed by atoms with Crippen molar-refractivity contribution < 1.29 is 0 Å². The molecule has 1 atom stereocenters. The molecule has 124 valence electrons. The van der Waals surface area contributed by atoms with Crippen molar-refractivity contribution in [2.45, 2.75) is 38.9 Å². The van der Waals surface area contributed by atoms with E-state index in [0.717, 1.165) is 48.8 Å². The van der Waals surface area contributed by atoms with Crippen molar-refractivity contribution >= 4 is 0 Å². The van der Waals surface area contributed by atoms with E-state index in [1.54, 1.807) is 12.4 Å². The largest absolute Gasteiger partial charge is 0.308 e. The highest BCUT2D eigenvalue weighted by Crippen LogP contribution is 2.21. The van der Waals surface area contributed by atoms with Crippen molar-refractivity contribution in [2.24, 2.45) is 7.05 Å². The van der Waals surface area contributed by atoms with Gasteiger partial charge in [-0.1, -0.05) is 0 Å². The SMILES string of the molecule is Cc1nc2n(n1)C[C@@H](NCc1cn(C)nc1-c1ccncc1)CC2. The maximum Gasteiger partial charge on any atom is 0.147 e. The molecule has 3 aromatic rings. The third-order valence-electron chi connectivity index (χ3n) is 4.40. The number of nitrogens with zero attached hydrogens (tertiary/aromatic N) is 6. The molecule has 7 heteroatoms. The van der Waals surface area contributed by atoms with Gasteiger partial charge in [0, 0.05) is 55.8 Å². The van der Waals surface area contributed by atoms with E-state index >= 15 is 0 Å². The fraction of sp³-hybridized carbons (Fsp3) is 0.412. The highest BCUT2D eigenvalue weighted by molar-refractivity contribution is 5.61. The average molecular weight is 323 g/mol. The van der Waals surface area contributed by atoms with Crippen molar-refractivity contribution in [2.75, 3.05) is 0 Å². The number of hydrogen-bond acceptors (Lipinski definition) is 5. The summed E-state index contributed by atoms with van der Waals surface area (Å²) < 4.78 is 3.90. The van der Waals surface area contributed by atoms with Crippen LogP contribution in [0.25, 0.3) is 11.3 Å². The summed E-state index contributed by atoms with van der Waals surface area (Å²) in [4.78, 5) is 8.55. The Labute approximate surface area is 140 Å². The zero-order valence-electron chi connectivity index (χ0n) is 14.0. The van der Waals surface area contributed by atoms with Crippen LogP contribution >= 0.6 is 0 Å². The fourth-order valence-corrected chi connectivity index (χ4v) is 3.27. The summed E-state index contributed by atoms with van der Waals surface area (Å²) >= 11 is 0. The predicted octanol–water partition coefficient (Wildman–Crippen LogP) is 1.49. The molecule has 0 radical (unpaired) electrons. The second kappa shape index (κ2) is 6.16. The normalized spacial score (nSPS) is 17.0. The molecule has 1 aliphatic rings. The van der Waals surface area contributed by atoms with E-state index < -0.39 is 0 Å². The first-order valence-corrected chi connectivity index (χ1v) is 8.25. The Hall–Kier alpha value is -2.54. The van der Waals surface area contributed by atoms with E-state index in [4.69, 9.17) is 0 Å². The van der Waals surface area contributed by atoms with E-state index in [2.05, 4.69) is 31.7 Å². The van der Waals surface area contributed by atoms with Crippen LogP contribution in [0.5, 0.6) is 0 Å². The van der Waals surface area contributed by atoms with Gasteiger partial charge in [-0.15, -0.1) is 0 Å². The first-order valence-electron chi connectivity index (χ1n) is 8.25. The lowest BCUT2D eigenvalue weighted by Gasteiger charge is -2.23. The zero-order valence-corrected chi connectivity index (χ0v) is 14.0. The molecule has 0 unspecified atom stereocenters. The van der Waals surface area contributed by atoms with Crippen molar-refractivity contribution in [1.82, 2.24) is 34.8 Å². The number of rotatable bonds is 4. The van der Waals surface area contributed by atoms with E-state index in [1.807, 2.05) is 35.5 Å². The quantitative estimate of drug-likeness (QED) is 0.787. The lowest BCUT2D eigenvalue weighted by Crippen LogP contribution is -2.37. The van der Waals surface area contributed by atoms with Crippen LogP contribution in [-0.4, -0.2) is 35.6 Å². The van der Waals surface area contributed by atoms with Gasteiger partial charge < -0.3 is 5.32 Å². The van der Waals surface area contributed by atoms with Gasteiger partial charge >= 0.3 is 0 Å². The lowest BCUT2D eigenvalue weighted by molar-refractivity contribution is 0.358. The number of nitrogens with one attached hydrogen (secondary N) is 1. The monoisotopic (exact) mass is 323 g/mol. The minimum atomic E-state index is 0.407. The van der Waals surface area contributed by atoms with Gasteiger partial charge in [0.25, 0.3) is 0 Å². The van der Waals surface area contributed by atoms with Crippen LogP contribution in [0.1, 0.15) is 23.6 Å². The van der Waals surface area contributed by atoms with Crippen LogP contribution in [0.15, 0.2) is 30.7 Å².